The molecule has 1 heterocycles. The molecule has 45 heavy (non-hydrogen) atoms. The third-order valence-corrected chi connectivity index (χ3v) is 9.89. The molecular weight excluding hydrogens is 647 g/mol. The van der Waals surface area contributed by atoms with Crippen LogP contribution in [0.15, 0.2) is 94.7 Å². The zero-order chi connectivity index (χ0) is 32.2. The Bertz CT molecular complexity index is 1940. The molecule has 11 nitrogen and oxygen atoms in total. The highest BCUT2D eigenvalue weighted by molar-refractivity contribution is 7.93. The van der Waals surface area contributed by atoms with Crippen molar-refractivity contribution in [3.8, 4) is 5.75 Å². The lowest BCUT2D eigenvalue weighted by Gasteiger charge is -2.31. The van der Waals surface area contributed by atoms with Crippen LogP contribution >= 0.6 is 11.6 Å². The van der Waals surface area contributed by atoms with Crippen molar-refractivity contribution in [1.82, 2.24) is 0 Å². The van der Waals surface area contributed by atoms with Gasteiger partial charge in [-0.05, 0) is 72.8 Å². The van der Waals surface area contributed by atoms with E-state index < -0.39 is 31.8 Å². The highest BCUT2D eigenvalue weighted by atomic mass is 35.5. The van der Waals surface area contributed by atoms with Crippen molar-refractivity contribution in [1.29, 1.82) is 0 Å². The third-order valence-electron chi connectivity index (χ3n) is 6.82. The minimum Gasteiger partial charge on any atom is -0.495 e. The van der Waals surface area contributed by atoms with Gasteiger partial charge in [0.05, 0.1) is 57.8 Å². The summed E-state index contributed by atoms with van der Waals surface area (Å²) in [6, 6.07) is 19.1. The zero-order valence-corrected chi connectivity index (χ0v) is 26.2. The maximum absolute atomic E-state index is 13.6. The van der Waals surface area contributed by atoms with Gasteiger partial charge >= 0.3 is 0 Å². The zero-order valence-electron chi connectivity index (χ0n) is 23.8. The largest absolute Gasteiger partial charge is 0.495 e. The summed E-state index contributed by atoms with van der Waals surface area (Å²) in [6.07, 6.45) is 0. The first-order chi connectivity index (χ1) is 21.5. The number of amides is 1. The maximum atomic E-state index is 13.6. The Labute approximate surface area is 265 Å². The molecule has 1 fully saturated rings. The Hall–Kier alpha value is -4.37. The lowest BCUT2D eigenvalue weighted by molar-refractivity contribution is 0.102. The number of halogens is 2. The second-order valence-electron chi connectivity index (χ2n) is 9.79. The van der Waals surface area contributed by atoms with Gasteiger partial charge < -0.3 is 19.7 Å². The minimum atomic E-state index is -4.19. The molecule has 5 rings (SSSR count). The average Bonchev–Trinajstić information content (AvgIpc) is 3.02. The number of rotatable bonds is 10. The summed E-state index contributed by atoms with van der Waals surface area (Å²) in [5.41, 5.74) is 0.848. The van der Waals surface area contributed by atoms with Crippen LogP contribution < -0.4 is 24.4 Å². The van der Waals surface area contributed by atoms with Crippen LogP contribution in [0.4, 0.5) is 27.1 Å². The van der Waals surface area contributed by atoms with E-state index in [0.29, 0.717) is 37.7 Å². The van der Waals surface area contributed by atoms with Crippen molar-refractivity contribution in [2.24, 2.45) is 0 Å². The molecule has 1 aliphatic rings. The number of anilines is 4. The Balaban J connectivity index is 1.47. The Kier molecular flexibility index (Phi) is 9.48. The van der Waals surface area contributed by atoms with Crippen LogP contribution in [0.5, 0.6) is 5.75 Å². The van der Waals surface area contributed by atoms with Crippen LogP contribution in [0, 0.1) is 5.82 Å². The topological polar surface area (TPSA) is 143 Å². The number of morpholine rings is 1. The molecule has 0 spiro atoms. The fraction of sp³-hybridized carbons (Fsp3) is 0.167. The van der Waals surface area contributed by atoms with E-state index in [-0.39, 0.29) is 37.4 Å². The maximum Gasteiger partial charge on any atom is 0.262 e. The summed E-state index contributed by atoms with van der Waals surface area (Å²) in [5, 5.41) is 2.68. The molecule has 0 unspecified atom stereocenters. The number of sulfonamides is 2. The van der Waals surface area contributed by atoms with Gasteiger partial charge in [-0.2, -0.15) is 0 Å². The first-order valence-electron chi connectivity index (χ1n) is 13.5. The molecule has 4 aromatic carbocycles. The molecule has 0 saturated carbocycles. The Morgan fingerprint density at radius 1 is 0.844 bits per heavy atom. The molecule has 0 radical (unpaired) electrons. The van der Waals surface area contributed by atoms with E-state index in [1.807, 2.05) is 4.90 Å². The lowest BCUT2D eigenvalue weighted by atomic mass is 10.2. The number of nitrogens with zero attached hydrogens (tertiary/aromatic N) is 1. The van der Waals surface area contributed by atoms with Gasteiger partial charge in [-0.25, -0.2) is 21.2 Å². The second-order valence-corrected chi connectivity index (χ2v) is 13.6. The first-order valence-corrected chi connectivity index (χ1v) is 16.8. The molecule has 0 aliphatic carbocycles. The number of para-hydroxylation sites is 2. The van der Waals surface area contributed by atoms with Crippen LogP contribution in [0.25, 0.3) is 0 Å². The summed E-state index contributed by atoms with van der Waals surface area (Å²) in [5.74, 6) is -0.995. The van der Waals surface area contributed by atoms with Gasteiger partial charge in [0.1, 0.15) is 11.6 Å². The van der Waals surface area contributed by atoms with Crippen molar-refractivity contribution in [3.63, 3.8) is 0 Å². The predicted molar refractivity (Wildman–Crippen MR) is 170 cm³/mol. The van der Waals surface area contributed by atoms with Crippen molar-refractivity contribution in [2.45, 2.75) is 9.79 Å². The molecule has 0 atom stereocenters. The van der Waals surface area contributed by atoms with E-state index in [1.54, 1.807) is 30.3 Å². The summed E-state index contributed by atoms with van der Waals surface area (Å²) in [4.78, 5) is 15.1. The first kappa shape index (κ1) is 32.0. The van der Waals surface area contributed by atoms with Gasteiger partial charge in [-0.3, -0.25) is 14.2 Å². The lowest BCUT2D eigenvalue weighted by Crippen LogP contribution is -2.36. The van der Waals surface area contributed by atoms with Crippen LogP contribution in [0.2, 0.25) is 5.02 Å². The third kappa shape index (κ3) is 7.48. The van der Waals surface area contributed by atoms with E-state index in [9.17, 15) is 26.0 Å². The predicted octanol–water partition coefficient (Wildman–Crippen LogP) is 5.18. The SMILES string of the molecule is COc1ccccc1NS(=O)(=O)c1ccc(N2CCOCC2)c(NC(=O)c2cc(S(=O)(=O)Nc3ccc(F)cc3)ccc2Cl)c1. The molecular formula is C30H28ClFN4O7S2. The Morgan fingerprint density at radius 3 is 2.20 bits per heavy atom. The number of benzene rings is 4. The van der Waals surface area contributed by atoms with Crippen molar-refractivity contribution in [3.05, 3.63) is 101 Å². The normalized spacial score (nSPS) is 13.6. The molecule has 236 valence electrons. The fourth-order valence-electron chi connectivity index (χ4n) is 4.56. The molecule has 1 amide bonds. The van der Waals surface area contributed by atoms with E-state index in [1.165, 1.54) is 43.5 Å². The number of nitrogens with one attached hydrogen (secondary N) is 3. The number of ether oxygens (including phenoxy) is 2. The van der Waals surface area contributed by atoms with Crippen molar-refractivity contribution in [2.75, 3.05) is 53.1 Å². The molecule has 3 N–H and O–H groups in total. The van der Waals surface area contributed by atoms with Gasteiger partial charge in [-0.1, -0.05) is 23.7 Å². The molecule has 0 bridgehead atoms. The van der Waals surface area contributed by atoms with E-state index in [4.69, 9.17) is 21.1 Å². The summed E-state index contributed by atoms with van der Waals surface area (Å²) in [7, 11) is -6.92. The minimum absolute atomic E-state index is 0.0391. The molecule has 1 aliphatic heterocycles. The van der Waals surface area contributed by atoms with Crippen molar-refractivity contribution < 1.29 is 35.5 Å². The quantitative estimate of drug-likeness (QED) is 0.209. The monoisotopic (exact) mass is 674 g/mol. The van der Waals surface area contributed by atoms with Crippen molar-refractivity contribution >= 4 is 60.3 Å². The van der Waals surface area contributed by atoms with Gasteiger partial charge in [0.25, 0.3) is 26.0 Å². The van der Waals surface area contributed by atoms with Crippen LogP contribution in [-0.2, 0) is 24.8 Å². The smallest absolute Gasteiger partial charge is 0.262 e. The van der Waals surface area contributed by atoms with E-state index in [0.717, 1.165) is 18.2 Å². The highest BCUT2D eigenvalue weighted by Crippen LogP contribution is 2.33. The van der Waals surface area contributed by atoms with E-state index >= 15 is 0 Å². The standard InChI is InChI=1S/C30H28ClFN4O7S2/c1-42-29-5-3-2-4-26(29)35-45(40,41)23-11-13-28(36-14-16-43-17-15-36)27(19-23)33-30(37)24-18-22(10-12-25(24)31)44(38,39)34-21-8-6-20(32)7-9-21/h2-13,18-19,34-35H,14-17H2,1H3,(H,33,37). The van der Waals surface area contributed by atoms with Gasteiger partial charge in [0.15, 0.2) is 0 Å². The van der Waals surface area contributed by atoms with Gasteiger partial charge in [0, 0.05) is 18.8 Å². The number of methoxy groups -OCH3 is 1. The molecule has 15 heteroatoms. The number of carbonyl (C=O) groups is 1. The number of hydrogen-bond donors (Lipinski definition) is 3. The molecule has 0 aromatic heterocycles. The second kappa shape index (κ2) is 13.3. The summed E-state index contributed by atoms with van der Waals surface area (Å²) >= 11 is 6.33. The van der Waals surface area contributed by atoms with E-state index in [2.05, 4.69) is 14.8 Å². The molecule has 4 aromatic rings. The molecule has 1 saturated heterocycles. The van der Waals surface area contributed by atoms with Crippen LogP contribution in [0.1, 0.15) is 10.4 Å². The fourth-order valence-corrected chi connectivity index (χ4v) is 6.95. The number of carbonyl (C=O) groups excluding carboxylic acids is 1. The highest BCUT2D eigenvalue weighted by Gasteiger charge is 2.24. The van der Waals surface area contributed by atoms with Gasteiger partial charge in [0.2, 0.25) is 0 Å². The Morgan fingerprint density at radius 2 is 1.49 bits per heavy atom. The van der Waals surface area contributed by atoms with Crippen LogP contribution in [-0.4, -0.2) is 56.2 Å². The summed E-state index contributed by atoms with van der Waals surface area (Å²) in [6.45, 7) is 1.82. The van der Waals surface area contributed by atoms with Crippen LogP contribution in [0.3, 0.4) is 0 Å². The summed E-state index contributed by atoms with van der Waals surface area (Å²) < 4.78 is 81.8. The van der Waals surface area contributed by atoms with Gasteiger partial charge in [-0.15, -0.1) is 0 Å². The average molecular weight is 675 g/mol. The number of hydrogen-bond acceptors (Lipinski definition) is 8.